The smallest absolute Gasteiger partial charge is 0.304 e. The lowest BCUT2D eigenvalue weighted by atomic mass is 9.84. The Morgan fingerprint density at radius 3 is 2.71 bits per heavy atom. The van der Waals surface area contributed by atoms with Gasteiger partial charge in [-0.05, 0) is 67.1 Å². The molecule has 0 radical (unpaired) electrons. The average molecular weight is 513 g/mol. The Morgan fingerprint density at radius 2 is 1.95 bits per heavy atom. The van der Waals surface area contributed by atoms with Gasteiger partial charge in [0.2, 0.25) is 0 Å². The van der Waals surface area contributed by atoms with Gasteiger partial charge >= 0.3 is 5.97 Å². The number of nitrogens with zero attached hydrogens (tertiary/aromatic N) is 4. The largest absolute Gasteiger partial charge is 0.489 e. The highest BCUT2D eigenvalue weighted by atomic mass is 16.5. The van der Waals surface area contributed by atoms with Crippen LogP contribution in [0.1, 0.15) is 64.6 Å². The predicted octanol–water partition coefficient (Wildman–Crippen LogP) is 5.67. The molecule has 0 saturated carbocycles. The van der Waals surface area contributed by atoms with Crippen molar-refractivity contribution in [3.05, 3.63) is 87.5 Å². The fraction of sp³-hybridized carbons (Fsp3) is 0.387. The second-order valence-electron chi connectivity index (χ2n) is 10.6. The van der Waals surface area contributed by atoms with Gasteiger partial charge in [-0.2, -0.15) is 0 Å². The molecule has 5 rings (SSSR count). The number of aryl methyl sites for hydroxylation is 4. The molecule has 0 fully saturated rings. The highest BCUT2D eigenvalue weighted by molar-refractivity contribution is 5.80. The molecule has 7 nitrogen and oxygen atoms in total. The number of benzene rings is 3. The Kier molecular flexibility index (Phi) is 7.21. The van der Waals surface area contributed by atoms with Crippen LogP contribution in [0, 0.1) is 20.8 Å². The fourth-order valence-corrected chi connectivity index (χ4v) is 5.62. The summed E-state index contributed by atoms with van der Waals surface area (Å²) in [4.78, 5) is 14.5. The number of hydrogen-bond donors (Lipinski definition) is 1. The molecule has 0 saturated heterocycles. The summed E-state index contributed by atoms with van der Waals surface area (Å²) in [6.45, 7) is 10.9. The van der Waals surface area contributed by atoms with E-state index in [1.807, 2.05) is 26.1 Å². The zero-order valence-corrected chi connectivity index (χ0v) is 22.9. The van der Waals surface area contributed by atoms with Crippen LogP contribution in [0.2, 0.25) is 0 Å². The normalized spacial score (nSPS) is 16.6. The highest BCUT2D eigenvalue weighted by Gasteiger charge is 2.25. The number of carbonyl (C=O) groups is 1. The van der Waals surface area contributed by atoms with Crippen LogP contribution in [0.15, 0.2) is 48.5 Å². The molecule has 3 aromatic carbocycles. The van der Waals surface area contributed by atoms with Crippen molar-refractivity contribution in [3.63, 3.8) is 0 Å². The quantitative estimate of drug-likeness (QED) is 0.344. The molecule has 0 aliphatic carbocycles. The summed E-state index contributed by atoms with van der Waals surface area (Å²) < 4.78 is 8.10. The maximum atomic E-state index is 12.0. The topological polar surface area (TPSA) is 80.5 Å². The molecule has 1 unspecified atom stereocenters. The third kappa shape index (κ3) is 5.16. The Bertz CT molecular complexity index is 1490. The van der Waals surface area contributed by atoms with Crippen LogP contribution in [0.25, 0.3) is 11.0 Å². The summed E-state index contributed by atoms with van der Waals surface area (Å²) in [5.74, 6) is -0.123. The first-order valence-electron chi connectivity index (χ1n) is 13.3. The lowest BCUT2D eigenvalue weighted by Gasteiger charge is -2.25. The lowest BCUT2D eigenvalue weighted by molar-refractivity contribution is -0.137. The van der Waals surface area contributed by atoms with Crippen LogP contribution >= 0.6 is 0 Å². The molecule has 1 aliphatic heterocycles. The van der Waals surface area contributed by atoms with Crippen LogP contribution in [0.5, 0.6) is 5.75 Å². The minimum absolute atomic E-state index is 0.0111. The van der Waals surface area contributed by atoms with Crippen molar-refractivity contribution in [1.82, 2.24) is 19.9 Å². The van der Waals surface area contributed by atoms with Gasteiger partial charge in [0.25, 0.3) is 0 Å². The van der Waals surface area contributed by atoms with Crippen molar-refractivity contribution in [3.8, 4) is 5.75 Å². The van der Waals surface area contributed by atoms with Gasteiger partial charge in [-0.3, -0.25) is 9.69 Å². The monoisotopic (exact) mass is 512 g/mol. The summed E-state index contributed by atoms with van der Waals surface area (Å²) in [7, 11) is 1.87. The number of aromatic nitrogens is 3. The Labute approximate surface area is 224 Å². The molecule has 38 heavy (non-hydrogen) atoms. The maximum absolute atomic E-state index is 12.0. The molecule has 1 aromatic heterocycles. The van der Waals surface area contributed by atoms with E-state index in [0.717, 1.165) is 59.5 Å². The second kappa shape index (κ2) is 10.6. The summed E-state index contributed by atoms with van der Waals surface area (Å²) >= 11 is 0. The molecule has 198 valence electrons. The van der Waals surface area contributed by atoms with Gasteiger partial charge in [-0.15, -0.1) is 5.10 Å². The van der Waals surface area contributed by atoms with Crippen LogP contribution in [0.3, 0.4) is 0 Å². The number of ether oxygens (including phenoxy) is 1. The van der Waals surface area contributed by atoms with Crippen molar-refractivity contribution < 1.29 is 14.6 Å². The number of aliphatic carboxylic acids is 1. The van der Waals surface area contributed by atoms with E-state index in [-0.39, 0.29) is 18.4 Å². The zero-order chi connectivity index (χ0) is 27.0. The molecule has 0 amide bonds. The number of carboxylic acid groups (broad SMARTS) is 1. The summed E-state index contributed by atoms with van der Waals surface area (Å²) in [6, 6.07) is 16.8. The fourth-order valence-electron chi connectivity index (χ4n) is 5.62. The molecule has 0 bridgehead atoms. The summed E-state index contributed by atoms with van der Waals surface area (Å²) in [6.07, 6.45) is 1.08. The molecule has 4 aromatic rings. The van der Waals surface area contributed by atoms with E-state index in [2.05, 4.69) is 72.4 Å². The number of hydrogen-bond acceptors (Lipinski definition) is 5. The van der Waals surface area contributed by atoms with Crippen LogP contribution in [-0.2, 0) is 24.9 Å². The van der Waals surface area contributed by atoms with Gasteiger partial charge in [0.15, 0.2) is 0 Å². The van der Waals surface area contributed by atoms with Gasteiger partial charge < -0.3 is 9.84 Å². The minimum Gasteiger partial charge on any atom is -0.489 e. The third-order valence-electron chi connectivity index (χ3n) is 7.82. The SMILES string of the molecule is CC[C@@H]1CN(Cc2cc(C(CC(=O)O)c3ccc4c(nnn4C)c3C)ccc2C)Cc2cc(C)ccc2O1. The Hall–Kier alpha value is -3.71. The average Bonchev–Trinajstić information content (AvgIpc) is 3.17. The van der Waals surface area contributed by atoms with Crippen molar-refractivity contribution in [2.45, 2.75) is 65.6 Å². The molecule has 1 N–H and O–H groups in total. The van der Waals surface area contributed by atoms with E-state index in [1.54, 1.807) is 4.68 Å². The number of rotatable bonds is 7. The lowest BCUT2D eigenvalue weighted by Crippen LogP contribution is -2.32. The predicted molar refractivity (Wildman–Crippen MR) is 149 cm³/mol. The second-order valence-corrected chi connectivity index (χ2v) is 10.6. The van der Waals surface area contributed by atoms with Gasteiger partial charge in [-0.25, -0.2) is 4.68 Å². The van der Waals surface area contributed by atoms with E-state index < -0.39 is 5.97 Å². The van der Waals surface area contributed by atoms with Gasteiger partial charge in [0.05, 0.1) is 11.9 Å². The van der Waals surface area contributed by atoms with E-state index in [4.69, 9.17) is 4.74 Å². The molecule has 0 spiro atoms. The molecule has 1 aliphatic rings. The molecule has 2 heterocycles. The van der Waals surface area contributed by atoms with Crippen molar-refractivity contribution >= 4 is 17.0 Å². The van der Waals surface area contributed by atoms with Gasteiger partial charge in [0, 0.05) is 38.2 Å². The Morgan fingerprint density at radius 1 is 1.13 bits per heavy atom. The van der Waals surface area contributed by atoms with E-state index in [1.165, 1.54) is 22.3 Å². The van der Waals surface area contributed by atoms with Crippen LogP contribution < -0.4 is 4.74 Å². The molecule has 2 atom stereocenters. The first kappa shape index (κ1) is 25.9. The summed E-state index contributed by atoms with van der Waals surface area (Å²) in [5, 5.41) is 18.3. The minimum atomic E-state index is -0.821. The van der Waals surface area contributed by atoms with E-state index in [9.17, 15) is 9.90 Å². The third-order valence-corrected chi connectivity index (χ3v) is 7.82. The molecule has 7 heteroatoms. The standard InChI is InChI=1S/C31H36N4O3/c1-6-25-18-35(17-24-13-19(2)7-12-29(24)38-25)16-23-14-22(9-8-20(23)3)27(15-30(36)37)26-10-11-28-31(21(26)4)32-33-34(28)5/h7-14,25,27H,6,15-18H2,1-5H3,(H,36,37)/t25-,27?/m1/s1. The van der Waals surface area contributed by atoms with Gasteiger partial charge in [0.1, 0.15) is 17.4 Å². The zero-order valence-electron chi connectivity index (χ0n) is 22.9. The van der Waals surface area contributed by atoms with E-state index in [0.29, 0.717) is 0 Å². The molecular weight excluding hydrogens is 476 g/mol. The van der Waals surface area contributed by atoms with Gasteiger partial charge in [-0.1, -0.05) is 54.1 Å². The van der Waals surface area contributed by atoms with Crippen molar-refractivity contribution in [2.75, 3.05) is 6.54 Å². The van der Waals surface area contributed by atoms with Crippen LogP contribution in [0.4, 0.5) is 0 Å². The Balaban J connectivity index is 1.50. The van der Waals surface area contributed by atoms with Crippen molar-refractivity contribution in [2.24, 2.45) is 7.05 Å². The van der Waals surface area contributed by atoms with E-state index >= 15 is 0 Å². The first-order valence-corrected chi connectivity index (χ1v) is 13.3. The number of carboxylic acids is 1. The maximum Gasteiger partial charge on any atom is 0.304 e. The summed E-state index contributed by atoms with van der Waals surface area (Å²) in [5.41, 5.74) is 9.58. The van der Waals surface area contributed by atoms with Crippen molar-refractivity contribution in [1.29, 1.82) is 0 Å². The van der Waals surface area contributed by atoms with Crippen LogP contribution in [-0.4, -0.2) is 43.6 Å². The first-order chi connectivity index (χ1) is 18.2. The highest BCUT2D eigenvalue weighted by Crippen LogP contribution is 2.35. The number of fused-ring (bicyclic) bond motifs is 2. The molecular formula is C31H36N4O3.